The molecule has 94 valence electrons. The molecule has 0 atom stereocenters. The van der Waals surface area contributed by atoms with Crippen LogP contribution in [-0.2, 0) is 0 Å². The van der Waals surface area contributed by atoms with Gasteiger partial charge in [0.1, 0.15) is 11.3 Å². The van der Waals surface area contributed by atoms with E-state index in [1.165, 1.54) is 0 Å². The number of piperazine rings is 1. The van der Waals surface area contributed by atoms with E-state index in [2.05, 4.69) is 10.5 Å². The highest BCUT2D eigenvalue weighted by atomic mass is 16.5. The normalized spacial score (nSPS) is 16.6. The fraction of sp³-hybridized carbons (Fsp3) is 0.667. The van der Waals surface area contributed by atoms with E-state index in [-0.39, 0.29) is 11.8 Å². The summed E-state index contributed by atoms with van der Waals surface area (Å²) in [5.74, 6) is 0.875. The molecule has 1 amide bonds. The van der Waals surface area contributed by atoms with Gasteiger partial charge in [-0.1, -0.05) is 19.0 Å². The van der Waals surface area contributed by atoms with Gasteiger partial charge >= 0.3 is 0 Å². The molecule has 1 aliphatic heterocycles. The van der Waals surface area contributed by atoms with Crippen LogP contribution in [0.15, 0.2) is 4.52 Å². The van der Waals surface area contributed by atoms with Crippen molar-refractivity contribution in [2.24, 2.45) is 0 Å². The van der Waals surface area contributed by atoms with Crippen molar-refractivity contribution in [1.82, 2.24) is 15.4 Å². The standard InChI is InChI=1S/C12H19N3O2/c1-8(2)11-10(9(3)17-14-11)12(16)15-6-4-13-5-7-15/h8,13H,4-7H2,1-3H3. The molecule has 1 aliphatic rings. The van der Waals surface area contributed by atoms with E-state index in [0.717, 1.165) is 31.9 Å². The molecular weight excluding hydrogens is 218 g/mol. The molecule has 2 rings (SSSR count). The van der Waals surface area contributed by atoms with Gasteiger partial charge in [0.25, 0.3) is 5.91 Å². The van der Waals surface area contributed by atoms with Crippen LogP contribution in [0.3, 0.4) is 0 Å². The highest BCUT2D eigenvalue weighted by molar-refractivity contribution is 5.96. The first-order chi connectivity index (χ1) is 8.11. The number of nitrogens with zero attached hydrogens (tertiary/aromatic N) is 2. The lowest BCUT2D eigenvalue weighted by atomic mass is 10.0. The Balaban J connectivity index is 2.26. The SMILES string of the molecule is Cc1onc(C(C)C)c1C(=O)N1CCNCC1. The zero-order chi connectivity index (χ0) is 12.4. The lowest BCUT2D eigenvalue weighted by Crippen LogP contribution is -2.46. The van der Waals surface area contributed by atoms with Crippen LogP contribution >= 0.6 is 0 Å². The van der Waals surface area contributed by atoms with Crippen molar-refractivity contribution in [3.8, 4) is 0 Å². The highest BCUT2D eigenvalue weighted by Crippen LogP contribution is 2.23. The summed E-state index contributed by atoms with van der Waals surface area (Å²) in [6, 6.07) is 0. The summed E-state index contributed by atoms with van der Waals surface area (Å²) in [7, 11) is 0. The second kappa shape index (κ2) is 4.87. The smallest absolute Gasteiger partial charge is 0.259 e. The number of aromatic nitrogens is 1. The maximum absolute atomic E-state index is 12.4. The number of amides is 1. The van der Waals surface area contributed by atoms with E-state index in [1.807, 2.05) is 18.7 Å². The summed E-state index contributed by atoms with van der Waals surface area (Å²) < 4.78 is 5.16. The highest BCUT2D eigenvalue weighted by Gasteiger charge is 2.27. The number of rotatable bonds is 2. The fourth-order valence-electron chi connectivity index (χ4n) is 2.07. The van der Waals surface area contributed by atoms with Gasteiger partial charge in [-0.25, -0.2) is 0 Å². The van der Waals surface area contributed by atoms with Gasteiger partial charge in [0, 0.05) is 26.2 Å². The van der Waals surface area contributed by atoms with Crippen LogP contribution in [0.25, 0.3) is 0 Å². The zero-order valence-corrected chi connectivity index (χ0v) is 10.6. The average Bonchev–Trinajstić information content (AvgIpc) is 2.71. The van der Waals surface area contributed by atoms with E-state index in [4.69, 9.17) is 4.52 Å². The molecule has 0 bridgehead atoms. The molecule has 17 heavy (non-hydrogen) atoms. The number of carbonyl (C=O) groups is 1. The molecule has 1 aromatic heterocycles. The Labute approximate surface area is 101 Å². The molecule has 2 heterocycles. The van der Waals surface area contributed by atoms with E-state index in [0.29, 0.717) is 11.3 Å². The molecule has 0 saturated carbocycles. The topological polar surface area (TPSA) is 58.4 Å². The van der Waals surface area contributed by atoms with Crippen LogP contribution in [0, 0.1) is 6.92 Å². The molecule has 1 saturated heterocycles. The maximum atomic E-state index is 12.4. The molecule has 0 aromatic carbocycles. The van der Waals surface area contributed by atoms with Gasteiger partial charge in [-0.3, -0.25) is 4.79 Å². The van der Waals surface area contributed by atoms with Crippen molar-refractivity contribution in [3.63, 3.8) is 0 Å². The van der Waals surface area contributed by atoms with Crippen molar-refractivity contribution in [2.45, 2.75) is 26.7 Å². The second-order valence-corrected chi connectivity index (χ2v) is 4.70. The summed E-state index contributed by atoms with van der Waals surface area (Å²) >= 11 is 0. The van der Waals surface area contributed by atoms with Crippen LogP contribution in [0.4, 0.5) is 0 Å². The Kier molecular flexibility index (Phi) is 3.47. The van der Waals surface area contributed by atoms with Gasteiger partial charge in [0.2, 0.25) is 0 Å². The first-order valence-corrected chi connectivity index (χ1v) is 6.07. The maximum Gasteiger partial charge on any atom is 0.259 e. The number of hydrogen-bond donors (Lipinski definition) is 1. The summed E-state index contributed by atoms with van der Waals surface area (Å²) in [5, 5.41) is 7.23. The largest absolute Gasteiger partial charge is 0.361 e. The molecule has 1 aromatic rings. The fourth-order valence-corrected chi connectivity index (χ4v) is 2.07. The average molecular weight is 237 g/mol. The number of aryl methyl sites for hydroxylation is 1. The Bertz CT molecular complexity index is 406. The van der Waals surface area contributed by atoms with Gasteiger partial charge in [-0.2, -0.15) is 0 Å². The minimum Gasteiger partial charge on any atom is -0.361 e. The van der Waals surface area contributed by atoms with Crippen LogP contribution in [0.5, 0.6) is 0 Å². The monoisotopic (exact) mass is 237 g/mol. The van der Waals surface area contributed by atoms with E-state index < -0.39 is 0 Å². The van der Waals surface area contributed by atoms with Crippen LogP contribution in [-0.4, -0.2) is 42.1 Å². The molecular formula is C12H19N3O2. The summed E-state index contributed by atoms with van der Waals surface area (Å²) in [5.41, 5.74) is 1.42. The number of nitrogens with one attached hydrogen (secondary N) is 1. The molecule has 5 heteroatoms. The van der Waals surface area contributed by atoms with Crippen molar-refractivity contribution in [3.05, 3.63) is 17.0 Å². The van der Waals surface area contributed by atoms with Crippen LogP contribution in [0.2, 0.25) is 0 Å². The lowest BCUT2D eigenvalue weighted by Gasteiger charge is -2.27. The quantitative estimate of drug-likeness (QED) is 0.838. The lowest BCUT2D eigenvalue weighted by molar-refractivity contribution is 0.0732. The third-order valence-electron chi connectivity index (χ3n) is 3.05. The Morgan fingerprint density at radius 2 is 2.06 bits per heavy atom. The predicted octanol–water partition coefficient (Wildman–Crippen LogP) is 1.15. The third kappa shape index (κ3) is 2.34. The van der Waals surface area contributed by atoms with E-state index in [1.54, 1.807) is 6.92 Å². The van der Waals surface area contributed by atoms with Crippen LogP contribution < -0.4 is 5.32 Å². The van der Waals surface area contributed by atoms with Crippen molar-refractivity contribution < 1.29 is 9.32 Å². The summed E-state index contributed by atoms with van der Waals surface area (Å²) in [6.07, 6.45) is 0. The third-order valence-corrected chi connectivity index (χ3v) is 3.05. The molecule has 0 unspecified atom stereocenters. The minimum absolute atomic E-state index is 0.0500. The Morgan fingerprint density at radius 1 is 1.41 bits per heavy atom. The van der Waals surface area contributed by atoms with Gasteiger partial charge in [-0.05, 0) is 12.8 Å². The molecule has 1 N–H and O–H groups in total. The molecule has 0 spiro atoms. The molecule has 0 radical (unpaired) electrons. The van der Waals surface area contributed by atoms with E-state index >= 15 is 0 Å². The zero-order valence-electron chi connectivity index (χ0n) is 10.6. The van der Waals surface area contributed by atoms with E-state index in [9.17, 15) is 4.79 Å². The molecule has 1 fully saturated rings. The van der Waals surface area contributed by atoms with Crippen LogP contribution in [0.1, 0.15) is 41.6 Å². The second-order valence-electron chi connectivity index (χ2n) is 4.70. The first-order valence-electron chi connectivity index (χ1n) is 6.07. The van der Waals surface area contributed by atoms with Crippen molar-refractivity contribution in [1.29, 1.82) is 0 Å². The van der Waals surface area contributed by atoms with Gasteiger partial charge in [-0.15, -0.1) is 0 Å². The predicted molar refractivity (Wildman–Crippen MR) is 64.1 cm³/mol. The Hall–Kier alpha value is -1.36. The Morgan fingerprint density at radius 3 is 2.65 bits per heavy atom. The molecule has 5 nitrogen and oxygen atoms in total. The molecule has 0 aliphatic carbocycles. The number of carbonyl (C=O) groups excluding carboxylic acids is 1. The van der Waals surface area contributed by atoms with Gasteiger partial charge in [0.15, 0.2) is 0 Å². The van der Waals surface area contributed by atoms with Gasteiger partial charge < -0.3 is 14.7 Å². The number of hydrogen-bond acceptors (Lipinski definition) is 4. The van der Waals surface area contributed by atoms with Crippen molar-refractivity contribution in [2.75, 3.05) is 26.2 Å². The summed E-state index contributed by atoms with van der Waals surface area (Å²) in [6.45, 7) is 9.05. The first kappa shape index (κ1) is 12.1. The summed E-state index contributed by atoms with van der Waals surface area (Å²) in [4.78, 5) is 14.3. The minimum atomic E-state index is 0.0500. The van der Waals surface area contributed by atoms with Crippen molar-refractivity contribution >= 4 is 5.91 Å². The van der Waals surface area contributed by atoms with Gasteiger partial charge in [0.05, 0.1) is 5.69 Å².